The van der Waals surface area contributed by atoms with E-state index in [0.29, 0.717) is 15.5 Å². The highest BCUT2D eigenvalue weighted by atomic mass is 32.2. The van der Waals surface area contributed by atoms with E-state index in [2.05, 4.69) is 30.9 Å². The number of anilines is 3. The maximum absolute atomic E-state index is 12.8. The van der Waals surface area contributed by atoms with Crippen molar-refractivity contribution in [2.24, 2.45) is 0 Å². The van der Waals surface area contributed by atoms with Gasteiger partial charge in [-0.1, -0.05) is 89.9 Å². The standard InChI is InChI=1S/C33H36N6O3S3/c1-19-10-7-11-20(2)28(19)34-25(40)16-43-31-37-32(44-17-26(41)35-29-21(3)12-8-13-22(29)4)39-33(38-31)45-18-27(42)36-30-23(5)14-9-15-24(30)6/h7-15H,16-18H2,1-6H3,(H,34,40)(H,35,41)(H,36,42). The largest absolute Gasteiger partial charge is 0.325 e. The summed E-state index contributed by atoms with van der Waals surface area (Å²) in [6.45, 7) is 11.7. The minimum Gasteiger partial charge on any atom is -0.325 e. The van der Waals surface area contributed by atoms with Crippen LogP contribution in [-0.2, 0) is 14.4 Å². The monoisotopic (exact) mass is 660 g/mol. The van der Waals surface area contributed by atoms with E-state index in [-0.39, 0.29) is 35.0 Å². The fourth-order valence-electron chi connectivity index (χ4n) is 4.47. The summed E-state index contributed by atoms with van der Waals surface area (Å²) in [6, 6.07) is 17.5. The van der Waals surface area contributed by atoms with Gasteiger partial charge in [0, 0.05) is 17.1 Å². The molecule has 0 saturated carbocycles. The number of rotatable bonds is 12. The summed E-state index contributed by atoms with van der Waals surface area (Å²) < 4.78 is 0. The summed E-state index contributed by atoms with van der Waals surface area (Å²) in [5, 5.41) is 9.92. The number of aryl methyl sites for hydroxylation is 6. The van der Waals surface area contributed by atoms with Crippen LogP contribution >= 0.6 is 35.3 Å². The summed E-state index contributed by atoms with van der Waals surface area (Å²) in [4.78, 5) is 52.0. The Morgan fingerprint density at radius 3 is 0.911 bits per heavy atom. The van der Waals surface area contributed by atoms with Crippen molar-refractivity contribution in [1.82, 2.24) is 15.0 Å². The van der Waals surface area contributed by atoms with E-state index in [0.717, 1.165) is 50.4 Å². The summed E-state index contributed by atoms with van der Waals surface area (Å²) in [5.74, 6) is -0.351. The lowest BCUT2D eigenvalue weighted by molar-refractivity contribution is -0.114. The van der Waals surface area contributed by atoms with Crippen molar-refractivity contribution in [3.63, 3.8) is 0 Å². The Kier molecular flexibility index (Phi) is 12.0. The average molecular weight is 661 g/mol. The highest BCUT2D eigenvalue weighted by Gasteiger charge is 2.16. The maximum Gasteiger partial charge on any atom is 0.234 e. The molecule has 4 aromatic rings. The fourth-order valence-corrected chi connectivity index (χ4v) is 6.54. The van der Waals surface area contributed by atoms with Gasteiger partial charge in [0.25, 0.3) is 0 Å². The molecule has 0 radical (unpaired) electrons. The van der Waals surface area contributed by atoms with Crippen LogP contribution in [0.5, 0.6) is 0 Å². The lowest BCUT2D eigenvalue weighted by Crippen LogP contribution is -2.17. The SMILES string of the molecule is Cc1cccc(C)c1NC(=O)CSc1nc(SCC(=O)Nc2c(C)cccc2C)nc(SCC(=O)Nc2c(C)cccc2C)n1. The van der Waals surface area contributed by atoms with E-state index in [9.17, 15) is 14.4 Å². The van der Waals surface area contributed by atoms with E-state index in [1.165, 1.54) is 35.3 Å². The first kappa shape index (κ1) is 34.0. The average Bonchev–Trinajstić information content (AvgIpc) is 3.00. The second kappa shape index (κ2) is 15.9. The van der Waals surface area contributed by atoms with Gasteiger partial charge in [0.05, 0.1) is 17.3 Å². The number of benzene rings is 3. The predicted molar refractivity (Wildman–Crippen MR) is 186 cm³/mol. The number of thioether (sulfide) groups is 3. The van der Waals surface area contributed by atoms with E-state index < -0.39 is 0 Å². The van der Waals surface area contributed by atoms with Gasteiger partial charge in [0.15, 0.2) is 15.5 Å². The van der Waals surface area contributed by atoms with Crippen molar-refractivity contribution in [3.8, 4) is 0 Å². The third kappa shape index (κ3) is 9.81. The summed E-state index contributed by atoms with van der Waals surface area (Å²) >= 11 is 3.50. The molecule has 12 heteroatoms. The lowest BCUT2D eigenvalue weighted by Gasteiger charge is -2.12. The first-order valence-corrected chi connectivity index (χ1v) is 17.2. The number of aromatic nitrogens is 3. The summed E-state index contributed by atoms with van der Waals surface area (Å²) in [6.07, 6.45) is 0. The van der Waals surface area contributed by atoms with E-state index in [4.69, 9.17) is 0 Å². The topological polar surface area (TPSA) is 126 Å². The van der Waals surface area contributed by atoms with Crippen LogP contribution in [0.3, 0.4) is 0 Å². The Morgan fingerprint density at radius 2 is 0.689 bits per heavy atom. The number of nitrogens with zero attached hydrogens (tertiary/aromatic N) is 3. The molecule has 1 heterocycles. The molecule has 0 saturated heterocycles. The molecule has 3 N–H and O–H groups in total. The van der Waals surface area contributed by atoms with Crippen molar-refractivity contribution in [2.75, 3.05) is 33.2 Å². The van der Waals surface area contributed by atoms with Gasteiger partial charge in [-0.25, -0.2) is 0 Å². The van der Waals surface area contributed by atoms with Gasteiger partial charge >= 0.3 is 0 Å². The maximum atomic E-state index is 12.8. The lowest BCUT2D eigenvalue weighted by atomic mass is 10.1. The van der Waals surface area contributed by atoms with Crippen molar-refractivity contribution in [3.05, 3.63) is 88.0 Å². The molecule has 4 rings (SSSR count). The Hall–Kier alpha value is -3.87. The third-order valence-electron chi connectivity index (χ3n) is 6.81. The smallest absolute Gasteiger partial charge is 0.234 e. The van der Waals surface area contributed by atoms with Gasteiger partial charge in [-0.3, -0.25) is 14.4 Å². The second-order valence-electron chi connectivity index (χ2n) is 10.5. The highest BCUT2D eigenvalue weighted by molar-refractivity contribution is 8.01. The van der Waals surface area contributed by atoms with Crippen LogP contribution < -0.4 is 16.0 Å². The molecular weight excluding hydrogens is 625 g/mol. The molecule has 0 aliphatic heterocycles. The molecule has 1 aromatic heterocycles. The van der Waals surface area contributed by atoms with Crippen molar-refractivity contribution in [1.29, 1.82) is 0 Å². The molecule has 9 nitrogen and oxygen atoms in total. The normalized spacial score (nSPS) is 10.8. The van der Waals surface area contributed by atoms with Crippen molar-refractivity contribution >= 4 is 70.1 Å². The van der Waals surface area contributed by atoms with Crippen LogP contribution in [0.1, 0.15) is 33.4 Å². The number of carbonyl (C=O) groups is 3. The van der Waals surface area contributed by atoms with Gasteiger partial charge in [-0.05, 0) is 74.9 Å². The van der Waals surface area contributed by atoms with E-state index in [1.807, 2.05) is 96.1 Å². The third-order valence-corrected chi connectivity index (χ3v) is 9.35. The first-order valence-electron chi connectivity index (χ1n) is 14.2. The van der Waals surface area contributed by atoms with E-state index >= 15 is 0 Å². The van der Waals surface area contributed by atoms with Crippen molar-refractivity contribution in [2.45, 2.75) is 57.0 Å². The zero-order valence-electron chi connectivity index (χ0n) is 26.1. The number of carbonyl (C=O) groups excluding carboxylic acids is 3. The molecule has 0 spiro atoms. The predicted octanol–water partition coefficient (Wildman–Crippen LogP) is 6.91. The Balaban J connectivity index is 1.45. The second-order valence-corrected chi connectivity index (χ2v) is 13.3. The van der Waals surface area contributed by atoms with Gasteiger partial charge in [0.1, 0.15) is 0 Å². The zero-order valence-corrected chi connectivity index (χ0v) is 28.6. The van der Waals surface area contributed by atoms with Crippen LogP contribution in [-0.4, -0.2) is 49.9 Å². The zero-order chi connectivity index (χ0) is 32.5. The molecule has 234 valence electrons. The minimum atomic E-state index is -0.192. The van der Waals surface area contributed by atoms with Crippen LogP contribution in [0, 0.1) is 41.5 Å². The molecule has 0 fully saturated rings. The number of hydrogen-bond acceptors (Lipinski definition) is 9. The molecule has 0 aliphatic rings. The summed E-state index contributed by atoms with van der Waals surface area (Å²) in [5.41, 5.74) is 8.22. The Morgan fingerprint density at radius 1 is 0.467 bits per heavy atom. The Labute approximate surface area is 276 Å². The van der Waals surface area contributed by atoms with Gasteiger partial charge in [0.2, 0.25) is 17.7 Å². The van der Waals surface area contributed by atoms with Gasteiger partial charge < -0.3 is 16.0 Å². The number of hydrogen-bond donors (Lipinski definition) is 3. The van der Waals surface area contributed by atoms with Crippen molar-refractivity contribution < 1.29 is 14.4 Å². The van der Waals surface area contributed by atoms with Crippen LogP contribution in [0.15, 0.2) is 70.1 Å². The molecule has 0 atom stereocenters. The number of para-hydroxylation sites is 3. The van der Waals surface area contributed by atoms with E-state index in [1.54, 1.807) is 0 Å². The van der Waals surface area contributed by atoms with Crippen LogP contribution in [0.2, 0.25) is 0 Å². The highest BCUT2D eigenvalue weighted by Crippen LogP contribution is 2.26. The number of amides is 3. The molecule has 3 aromatic carbocycles. The van der Waals surface area contributed by atoms with Crippen LogP contribution in [0.4, 0.5) is 17.1 Å². The first-order chi connectivity index (χ1) is 21.5. The van der Waals surface area contributed by atoms with Gasteiger partial charge in [-0.15, -0.1) is 0 Å². The minimum absolute atomic E-state index is 0.0755. The molecule has 0 aliphatic carbocycles. The molecular formula is C33H36N6O3S3. The van der Waals surface area contributed by atoms with Crippen LogP contribution in [0.25, 0.3) is 0 Å². The molecule has 0 unspecified atom stereocenters. The Bertz CT molecular complexity index is 1460. The molecule has 3 amide bonds. The fraction of sp³-hybridized carbons (Fsp3) is 0.273. The quantitative estimate of drug-likeness (QED) is 0.139. The van der Waals surface area contributed by atoms with Gasteiger partial charge in [-0.2, -0.15) is 15.0 Å². The summed E-state index contributed by atoms with van der Waals surface area (Å²) in [7, 11) is 0. The molecule has 45 heavy (non-hydrogen) atoms. The molecule has 0 bridgehead atoms. The number of nitrogens with one attached hydrogen (secondary N) is 3.